The van der Waals surface area contributed by atoms with Gasteiger partial charge in [-0.05, 0) is 78.1 Å². The Kier molecular flexibility index (Phi) is 5.03. The molecule has 3 fully saturated rings. The van der Waals surface area contributed by atoms with Gasteiger partial charge in [-0.25, -0.2) is 9.69 Å². The fraction of sp³-hybridized carbons (Fsp3) is 0.258. The van der Waals surface area contributed by atoms with Gasteiger partial charge in [-0.1, -0.05) is 48.6 Å². The van der Waals surface area contributed by atoms with Crippen molar-refractivity contribution in [3.8, 4) is 11.5 Å². The Morgan fingerprint density at radius 1 is 0.784 bits per heavy atom. The Balaban J connectivity index is 1.04. The van der Waals surface area contributed by atoms with E-state index in [9.17, 15) is 14.4 Å². The van der Waals surface area contributed by atoms with Crippen molar-refractivity contribution in [2.75, 3.05) is 4.90 Å². The number of allylic oxidation sites excluding steroid dienone is 2. The van der Waals surface area contributed by atoms with E-state index in [1.165, 1.54) is 4.90 Å². The fourth-order valence-corrected chi connectivity index (χ4v) is 6.49. The number of amides is 2. The number of carbonyl (C=O) groups excluding carboxylic acids is 3. The van der Waals surface area contributed by atoms with Crippen molar-refractivity contribution in [2.24, 2.45) is 35.5 Å². The molecule has 6 heteroatoms. The summed E-state index contributed by atoms with van der Waals surface area (Å²) < 4.78 is 11.3. The maximum atomic E-state index is 13.4. The molecule has 0 radical (unpaired) electrons. The van der Waals surface area contributed by atoms with Gasteiger partial charge in [0.05, 0.1) is 23.1 Å². The zero-order valence-corrected chi connectivity index (χ0v) is 20.0. The maximum absolute atomic E-state index is 13.4. The van der Waals surface area contributed by atoms with Crippen molar-refractivity contribution in [3.05, 3.63) is 102 Å². The van der Waals surface area contributed by atoms with E-state index in [-0.39, 0.29) is 41.0 Å². The van der Waals surface area contributed by atoms with E-state index in [4.69, 9.17) is 9.47 Å². The van der Waals surface area contributed by atoms with Gasteiger partial charge in [-0.15, -0.1) is 0 Å². The second-order valence-corrected chi connectivity index (χ2v) is 10.4. The van der Waals surface area contributed by atoms with Gasteiger partial charge < -0.3 is 9.47 Å². The topological polar surface area (TPSA) is 72.9 Å². The number of esters is 1. The molecule has 1 heterocycles. The van der Waals surface area contributed by atoms with Crippen LogP contribution in [-0.2, 0) is 16.2 Å². The quantitative estimate of drug-likeness (QED) is 0.209. The standard InChI is InChI=1S/C31H25NO5/c33-29-27-23-13-14-24(26-16-25(23)26)28(27)30(34)32(29)20-8-4-7-19(15-20)31(35)37-22-11-9-21(10-12-22)36-17-18-5-2-1-3-6-18/h1-15,23-28H,16-17H2. The molecule has 8 rings (SSSR count). The highest BCUT2D eigenvalue weighted by atomic mass is 16.5. The number of imide groups is 1. The van der Waals surface area contributed by atoms with Gasteiger partial charge >= 0.3 is 5.97 Å². The second-order valence-electron chi connectivity index (χ2n) is 10.4. The molecule has 1 aliphatic heterocycles. The average molecular weight is 492 g/mol. The van der Waals surface area contributed by atoms with E-state index >= 15 is 0 Å². The molecule has 37 heavy (non-hydrogen) atoms. The molecule has 6 unspecified atom stereocenters. The van der Waals surface area contributed by atoms with Crippen LogP contribution in [0.1, 0.15) is 22.3 Å². The van der Waals surface area contributed by atoms with Crippen LogP contribution in [0.3, 0.4) is 0 Å². The van der Waals surface area contributed by atoms with Gasteiger partial charge in [0.15, 0.2) is 0 Å². The third-order valence-electron chi connectivity index (χ3n) is 8.29. The number of anilines is 1. The number of nitrogens with zero attached hydrogens (tertiary/aromatic N) is 1. The first-order valence-electron chi connectivity index (χ1n) is 12.7. The molecular formula is C31H25NO5. The van der Waals surface area contributed by atoms with E-state index in [1.807, 2.05) is 30.3 Å². The summed E-state index contributed by atoms with van der Waals surface area (Å²) in [5.74, 6) is 1.07. The summed E-state index contributed by atoms with van der Waals surface area (Å²) in [5, 5.41) is 0. The highest BCUT2D eigenvalue weighted by molar-refractivity contribution is 6.23. The Labute approximate surface area is 214 Å². The Bertz CT molecular complexity index is 1390. The fourth-order valence-electron chi connectivity index (χ4n) is 6.49. The summed E-state index contributed by atoms with van der Waals surface area (Å²) in [4.78, 5) is 41.0. The predicted molar refractivity (Wildman–Crippen MR) is 136 cm³/mol. The van der Waals surface area contributed by atoms with Crippen molar-refractivity contribution < 1.29 is 23.9 Å². The first kappa shape index (κ1) is 22.0. The summed E-state index contributed by atoms with van der Waals surface area (Å²) in [5.41, 5.74) is 1.77. The highest BCUT2D eigenvalue weighted by Gasteiger charge is 2.67. The molecule has 0 N–H and O–H groups in total. The number of hydrogen-bond acceptors (Lipinski definition) is 5. The Hall–Kier alpha value is -4.19. The van der Waals surface area contributed by atoms with Crippen molar-refractivity contribution >= 4 is 23.5 Å². The summed E-state index contributed by atoms with van der Waals surface area (Å²) in [7, 11) is 0. The third kappa shape index (κ3) is 3.67. The first-order chi connectivity index (χ1) is 18.1. The molecule has 3 aromatic rings. The van der Waals surface area contributed by atoms with Crippen molar-refractivity contribution in [1.82, 2.24) is 0 Å². The number of carbonyl (C=O) groups is 3. The minimum atomic E-state index is -0.556. The van der Waals surface area contributed by atoms with Gasteiger partial charge in [0.1, 0.15) is 18.1 Å². The average Bonchev–Trinajstić information content (AvgIpc) is 3.71. The van der Waals surface area contributed by atoms with Crippen LogP contribution in [0, 0.1) is 35.5 Å². The van der Waals surface area contributed by atoms with Gasteiger partial charge in [-0.3, -0.25) is 9.59 Å². The number of rotatable bonds is 6. The van der Waals surface area contributed by atoms with E-state index in [0.29, 0.717) is 35.6 Å². The number of ether oxygens (including phenoxy) is 2. The minimum Gasteiger partial charge on any atom is -0.489 e. The number of benzene rings is 3. The van der Waals surface area contributed by atoms with Gasteiger partial charge in [-0.2, -0.15) is 0 Å². The molecule has 4 aliphatic carbocycles. The van der Waals surface area contributed by atoms with Gasteiger partial charge in [0.25, 0.3) is 0 Å². The lowest BCUT2D eigenvalue weighted by atomic mass is 9.63. The van der Waals surface area contributed by atoms with Crippen LogP contribution in [0.4, 0.5) is 5.69 Å². The third-order valence-corrected chi connectivity index (χ3v) is 8.29. The molecule has 0 spiro atoms. The zero-order chi connectivity index (χ0) is 25.1. The van der Waals surface area contributed by atoms with E-state index in [1.54, 1.807) is 48.5 Å². The van der Waals surface area contributed by atoms with Crippen LogP contribution in [0.15, 0.2) is 91.0 Å². The summed E-state index contributed by atoms with van der Waals surface area (Å²) in [6, 6.07) is 23.3. The SMILES string of the molecule is O=C(Oc1ccc(OCc2ccccc2)cc1)c1cccc(N2C(=O)C3C4C=CC(C5CC45)C3C2=O)c1. The maximum Gasteiger partial charge on any atom is 0.343 e. The van der Waals surface area contributed by atoms with Crippen LogP contribution >= 0.6 is 0 Å². The van der Waals surface area contributed by atoms with Crippen molar-refractivity contribution in [2.45, 2.75) is 13.0 Å². The molecule has 184 valence electrons. The number of hydrogen-bond donors (Lipinski definition) is 0. The molecule has 1 saturated heterocycles. The van der Waals surface area contributed by atoms with E-state index in [2.05, 4.69) is 12.2 Å². The summed E-state index contributed by atoms with van der Waals surface area (Å²) >= 11 is 0. The molecule has 2 amide bonds. The summed E-state index contributed by atoms with van der Waals surface area (Å²) in [6.07, 6.45) is 5.43. The molecule has 2 saturated carbocycles. The van der Waals surface area contributed by atoms with Gasteiger partial charge in [0.2, 0.25) is 11.8 Å². The zero-order valence-electron chi connectivity index (χ0n) is 20.0. The summed E-state index contributed by atoms with van der Waals surface area (Å²) in [6.45, 7) is 0.446. The monoisotopic (exact) mass is 491 g/mol. The van der Waals surface area contributed by atoms with Crippen LogP contribution in [0.2, 0.25) is 0 Å². The Morgan fingerprint density at radius 2 is 1.43 bits per heavy atom. The lowest BCUT2D eigenvalue weighted by molar-refractivity contribution is -0.124. The van der Waals surface area contributed by atoms with E-state index in [0.717, 1.165) is 12.0 Å². The molecule has 3 aromatic carbocycles. The molecule has 6 nitrogen and oxygen atoms in total. The Morgan fingerprint density at radius 3 is 2.11 bits per heavy atom. The molecule has 0 aromatic heterocycles. The normalized spacial score (nSPS) is 28.6. The lowest BCUT2D eigenvalue weighted by Crippen LogP contribution is -2.40. The lowest BCUT2D eigenvalue weighted by Gasteiger charge is -2.37. The second kappa shape index (κ2) is 8.44. The van der Waals surface area contributed by atoms with Crippen LogP contribution in [-0.4, -0.2) is 17.8 Å². The minimum absolute atomic E-state index is 0.142. The first-order valence-corrected chi connectivity index (χ1v) is 12.7. The predicted octanol–water partition coefficient (Wildman–Crippen LogP) is 5.04. The largest absolute Gasteiger partial charge is 0.489 e. The van der Waals surface area contributed by atoms with E-state index < -0.39 is 5.97 Å². The van der Waals surface area contributed by atoms with Crippen LogP contribution in [0.25, 0.3) is 0 Å². The van der Waals surface area contributed by atoms with Crippen LogP contribution in [0.5, 0.6) is 11.5 Å². The molecule has 6 atom stereocenters. The molecule has 2 bridgehead atoms. The van der Waals surface area contributed by atoms with Crippen LogP contribution < -0.4 is 14.4 Å². The van der Waals surface area contributed by atoms with Crippen molar-refractivity contribution in [1.29, 1.82) is 0 Å². The molecular weight excluding hydrogens is 466 g/mol. The molecule has 5 aliphatic rings. The van der Waals surface area contributed by atoms with Crippen molar-refractivity contribution in [3.63, 3.8) is 0 Å². The van der Waals surface area contributed by atoms with Gasteiger partial charge in [0, 0.05) is 0 Å². The highest BCUT2D eigenvalue weighted by Crippen LogP contribution is 2.65. The smallest absolute Gasteiger partial charge is 0.343 e.